The molecule has 0 atom stereocenters. The highest BCUT2D eigenvalue weighted by molar-refractivity contribution is 5.85. The molecule has 0 amide bonds. The van der Waals surface area contributed by atoms with Crippen molar-refractivity contribution < 1.29 is 4.39 Å². The van der Waals surface area contributed by atoms with Crippen LogP contribution in [0.5, 0.6) is 0 Å². The Morgan fingerprint density at radius 1 is 1.38 bits per heavy atom. The molecule has 0 saturated carbocycles. The zero-order chi connectivity index (χ0) is 22.7. The van der Waals surface area contributed by atoms with E-state index in [4.69, 9.17) is 0 Å². The van der Waals surface area contributed by atoms with E-state index in [9.17, 15) is 4.39 Å². The topological polar surface area (TPSA) is 96.7 Å². The number of aromatic amines is 1. The van der Waals surface area contributed by atoms with Gasteiger partial charge in [-0.2, -0.15) is 0 Å². The van der Waals surface area contributed by atoms with Crippen LogP contribution in [0.1, 0.15) is 38.2 Å². The number of hydrogen-bond donors (Lipinski definition) is 2. The van der Waals surface area contributed by atoms with Crippen LogP contribution in [0, 0.1) is 0 Å². The lowest BCUT2D eigenvalue weighted by Crippen LogP contribution is -2.10. The predicted octanol–water partition coefficient (Wildman–Crippen LogP) is 4.85. The quantitative estimate of drug-likeness (QED) is 0.306. The van der Waals surface area contributed by atoms with Gasteiger partial charge < -0.3 is 14.9 Å². The summed E-state index contributed by atoms with van der Waals surface area (Å²) in [6.45, 7) is 9.79. The molecule has 0 aromatic carbocycles. The van der Waals surface area contributed by atoms with Gasteiger partial charge in [-0.25, -0.2) is 19.3 Å². The van der Waals surface area contributed by atoms with E-state index < -0.39 is 5.83 Å². The van der Waals surface area contributed by atoms with E-state index in [2.05, 4.69) is 55.8 Å². The highest BCUT2D eigenvalue weighted by atomic mass is 19.1. The molecule has 4 heterocycles. The van der Waals surface area contributed by atoms with Crippen molar-refractivity contribution >= 4 is 40.2 Å². The van der Waals surface area contributed by atoms with Crippen LogP contribution in [-0.4, -0.2) is 42.7 Å². The molecule has 4 aromatic heterocycles. The number of anilines is 1. The van der Waals surface area contributed by atoms with Gasteiger partial charge in [0.1, 0.15) is 11.3 Å². The van der Waals surface area contributed by atoms with Crippen molar-refractivity contribution in [2.75, 3.05) is 11.9 Å². The van der Waals surface area contributed by atoms with Gasteiger partial charge in [0.15, 0.2) is 17.3 Å². The van der Waals surface area contributed by atoms with Crippen LogP contribution in [0.2, 0.25) is 0 Å². The van der Waals surface area contributed by atoms with Crippen LogP contribution in [-0.2, 0) is 6.42 Å². The lowest BCUT2D eigenvalue weighted by molar-refractivity contribution is 0.612. The second-order valence-corrected chi connectivity index (χ2v) is 7.75. The number of imidazole rings is 1. The van der Waals surface area contributed by atoms with E-state index in [-0.39, 0.29) is 6.04 Å². The van der Waals surface area contributed by atoms with E-state index >= 15 is 0 Å². The fraction of sp³-hybridized carbons (Fsp3) is 0.261. The number of halogens is 1. The van der Waals surface area contributed by atoms with Gasteiger partial charge in [-0.05, 0) is 57.2 Å². The first kappa shape index (κ1) is 21.4. The SMILES string of the molecule is C=N/C=C(F)\C=C(/C)c1nc(NCCc2c[nH]c3ccncc23)c2ncn(C(C)C)c2n1. The number of fused-ring (bicyclic) bond motifs is 2. The molecule has 0 aliphatic heterocycles. The molecule has 32 heavy (non-hydrogen) atoms. The normalized spacial score (nSPS) is 12.8. The maximum Gasteiger partial charge on any atom is 0.166 e. The van der Waals surface area contributed by atoms with Gasteiger partial charge in [0.05, 0.1) is 12.5 Å². The largest absolute Gasteiger partial charge is 0.368 e. The molecule has 0 bridgehead atoms. The van der Waals surface area contributed by atoms with E-state index in [1.807, 2.05) is 23.0 Å². The fourth-order valence-corrected chi connectivity index (χ4v) is 3.53. The molecule has 0 spiro atoms. The number of aliphatic imine (C=N–C) groups is 1. The summed E-state index contributed by atoms with van der Waals surface area (Å²) in [5.41, 5.74) is 4.18. The number of nitrogens with zero attached hydrogens (tertiary/aromatic N) is 6. The van der Waals surface area contributed by atoms with Crippen LogP contribution in [0.15, 0.2) is 54.1 Å². The molecule has 4 aromatic rings. The first-order chi connectivity index (χ1) is 15.5. The third-order valence-corrected chi connectivity index (χ3v) is 5.16. The summed E-state index contributed by atoms with van der Waals surface area (Å²) < 4.78 is 15.9. The van der Waals surface area contributed by atoms with Gasteiger partial charge in [0.2, 0.25) is 0 Å². The van der Waals surface area contributed by atoms with Gasteiger partial charge in [-0.15, -0.1) is 0 Å². The number of aromatic nitrogens is 6. The van der Waals surface area contributed by atoms with Crippen molar-refractivity contribution in [3.63, 3.8) is 0 Å². The van der Waals surface area contributed by atoms with Crippen LogP contribution in [0.25, 0.3) is 27.6 Å². The zero-order valence-electron chi connectivity index (χ0n) is 18.3. The van der Waals surface area contributed by atoms with Gasteiger partial charge in [-0.3, -0.25) is 9.98 Å². The molecule has 0 saturated heterocycles. The first-order valence-electron chi connectivity index (χ1n) is 10.4. The molecule has 0 fully saturated rings. The molecule has 0 aliphatic carbocycles. The molecule has 9 heteroatoms. The van der Waals surface area contributed by atoms with E-state index in [0.717, 1.165) is 23.5 Å². The van der Waals surface area contributed by atoms with Crippen molar-refractivity contribution in [1.29, 1.82) is 0 Å². The number of pyridine rings is 1. The number of rotatable bonds is 8. The lowest BCUT2D eigenvalue weighted by atomic mass is 10.1. The molecular weight excluding hydrogens is 407 g/mol. The van der Waals surface area contributed by atoms with Crippen molar-refractivity contribution in [2.24, 2.45) is 4.99 Å². The molecule has 0 aliphatic rings. The Morgan fingerprint density at radius 3 is 3.00 bits per heavy atom. The standard InChI is InChI=1S/C23H25FN8/c1-14(2)32-13-29-20-22(27-8-5-16-10-28-19-6-7-26-12-18(16)19)30-21(31-23(20)32)15(3)9-17(24)11-25-4/h6-7,9-14,28H,4-5,8H2,1-3H3,(H,27,30,31)/b15-9+,17-11+. The second kappa shape index (κ2) is 9.09. The minimum Gasteiger partial charge on any atom is -0.368 e. The maximum atomic E-state index is 13.9. The average Bonchev–Trinajstić information content (AvgIpc) is 3.38. The van der Waals surface area contributed by atoms with Crippen molar-refractivity contribution in [3.05, 3.63) is 60.5 Å². The minimum atomic E-state index is -0.513. The molecule has 8 nitrogen and oxygen atoms in total. The average molecular weight is 433 g/mol. The van der Waals surface area contributed by atoms with Crippen LogP contribution < -0.4 is 5.32 Å². The van der Waals surface area contributed by atoms with Crippen LogP contribution >= 0.6 is 0 Å². The summed E-state index contributed by atoms with van der Waals surface area (Å²) in [5, 5.41) is 4.49. The van der Waals surface area contributed by atoms with E-state index in [1.165, 1.54) is 11.6 Å². The molecule has 4 rings (SSSR count). The fourth-order valence-electron chi connectivity index (χ4n) is 3.53. The Hall–Kier alpha value is -3.88. The Labute approximate surface area is 185 Å². The highest BCUT2D eigenvalue weighted by Crippen LogP contribution is 2.25. The summed E-state index contributed by atoms with van der Waals surface area (Å²) in [4.78, 5) is 24.8. The van der Waals surface area contributed by atoms with Crippen molar-refractivity contribution in [3.8, 4) is 0 Å². The number of allylic oxidation sites excluding steroid dienone is 3. The lowest BCUT2D eigenvalue weighted by Gasteiger charge is -2.11. The van der Waals surface area contributed by atoms with Gasteiger partial charge in [0, 0.05) is 42.1 Å². The van der Waals surface area contributed by atoms with E-state index in [0.29, 0.717) is 34.9 Å². The third-order valence-electron chi connectivity index (χ3n) is 5.16. The maximum absolute atomic E-state index is 13.9. The molecular formula is C23H25FN8. The van der Waals surface area contributed by atoms with Gasteiger partial charge in [0.25, 0.3) is 0 Å². The Balaban J connectivity index is 1.66. The summed E-state index contributed by atoms with van der Waals surface area (Å²) in [6.07, 6.45) is 10.5. The van der Waals surface area contributed by atoms with Gasteiger partial charge >= 0.3 is 0 Å². The summed E-state index contributed by atoms with van der Waals surface area (Å²) in [7, 11) is 0. The summed E-state index contributed by atoms with van der Waals surface area (Å²) in [6, 6.07) is 2.12. The third kappa shape index (κ3) is 4.27. The second-order valence-electron chi connectivity index (χ2n) is 7.75. The Kier molecular flexibility index (Phi) is 6.07. The smallest absolute Gasteiger partial charge is 0.166 e. The van der Waals surface area contributed by atoms with Crippen LogP contribution in [0.3, 0.4) is 0 Å². The number of hydrogen-bond acceptors (Lipinski definition) is 6. The Bertz CT molecular complexity index is 1330. The summed E-state index contributed by atoms with van der Waals surface area (Å²) in [5.74, 6) is 0.522. The van der Waals surface area contributed by atoms with Crippen molar-refractivity contribution in [1.82, 2.24) is 29.5 Å². The monoisotopic (exact) mass is 432 g/mol. The molecule has 164 valence electrons. The van der Waals surface area contributed by atoms with Crippen molar-refractivity contribution in [2.45, 2.75) is 33.2 Å². The van der Waals surface area contributed by atoms with E-state index in [1.54, 1.807) is 19.4 Å². The summed E-state index contributed by atoms with van der Waals surface area (Å²) >= 11 is 0. The minimum absolute atomic E-state index is 0.167. The first-order valence-corrected chi connectivity index (χ1v) is 10.4. The highest BCUT2D eigenvalue weighted by Gasteiger charge is 2.16. The number of H-pyrrole nitrogens is 1. The zero-order valence-corrected chi connectivity index (χ0v) is 18.3. The van der Waals surface area contributed by atoms with Gasteiger partial charge in [-0.1, -0.05) is 0 Å². The molecule has 0 radical (unpaired) electrons. The van der Waals surface area contributed by atoms with Crippen LogP contribution in [0.4, 0.5) is 10.2 Å². The Morgan fingerprint density at radius 2 is 2.22 bits per heavy atom. The predicted molar refractivity (Wildman–Crippen MR) is 126 cm³/mol. The molecule has 2 N–H and O–H groups in total. The number of nitrogens with one attached hydrogen (secondary N) is 2. The molecule has 0 unspecified atom stereocenters.